The highest BCUT2D eigenvalue weighted by atomic mass is 16.5. The quantitative estimate of drug-likeness (QED) is 0.846. The molecule has 3 N–H and O–H groups in total. The number of carbonyl (C=O) groups is 1. The molecule has 1 saturated heterocycles. The summed E-state index contributed by atoms with van der Waals surface area (Å²) in [7, 11) is 0. The first-order valence-electron chi connectivity index (χ1n) is 9.07. The van der Waals surface area contributed by atoms with Crippen LogP contribution in [0.3, 0.4) is 0 Å². The van der Waals surface area contributed by atoms with Crippen LogP contribution in [0, 0.1) is 13.8 Å². The smallest absolute Gasteiger partial charge is 0.223 e. The van der Waals surface area contributed by atoms with Crippen LogP contribution in [0.5, 0.6) is 0 Å². The van der Waals surface area contributed by atoms with E-state index in [0.717, 1.165) is 41.9 Å². The maximum absolute atomic E-state index is 12.2. The molecule has 1 fully saturated rings. The predicted molar refractivity (Wildman–Crippen MR) is 97.4 cm³/mol. The zero-order valence-electron chi connectivity index (χ0n) is 15.4. The van der Waals surface area contributed by atoms with Crippen molar-refractivity contribution in [1.29, 1.82) is 0 Å². The van der Waals surface area contributed by atoms with Crippen LogP contribution in [-0.2, 0) is 11.4 Å². The average Bonchev–Trinajstić information content (AvgIpc) is 2.99. The Morgan fingerprint density at radius 1 is 1.42 bits per heavy atom. The summed E-state index contributed by atoms with van der Waals surface area (Å²) in [6.45, 7) is 5.43. The lowest BCUT2D eigenvalue weighted by Crippen LogP contribution is -2.40. The van der Waals surface area contributed by atoms with E-state index in [4.69, 9.17) is 15.2 Å². The van der Waals surface area contributed by atoms with Gasteiger partial charge in [-0.15, -0.1) is 0 Å². The molecule has 2 aromatic rings. The van der Waals surface area contributed by atoms with E-state index in [1.165, 1.54) is 0 Å². The number of hydrogen-bond donors (Lipinski definition) is 2. The van der Waals surface area contributed by atoms with Crippen LogP contribution in [-0.4, -0.2) is 45.7 Å². The molecule has 140 valence electrons. The Balaban J connectivity index is 1.91. The molecule has 3 rings (SSSR count). The first kappa shape index (κ1) is 18.5. The maximum atomic E-state index is 12.2. The third-order valence-electron chi connectivity index (χ3n) is 4.99. The van der Waals surface area contributed by atoms with E-state index in [1.54, 1.807) is 0 Å². The van der Waals surface area contributed by atoms with Gasteiger partial charge in [0.2, 0.25) is 5.91 Å². The molecule has 26 heavy (non-hydrogen) atoms. The first-order chi connectivity index (χ1) is 12.5. The molecule has 1 atom stereocenters. The second-order valence-electron chi connectivity index (χ2n) is 6.82. The van der Waals surface area contributed by atoms with Gasteiger partial charge in [-0.2, -0.15) is 0 Å². The van der Waals surface area contributed by atoms with Crippen molar-refractivity contribution in [3.63, 3.8) is 0 Å². The highest BCUT2D eigenvalue weighted by molar-refractivity contribution is 5.76. The second-order valence-corrected chi connectivity index (χ2v) is 6.82. The van der Waals surface area contributed by atoms with Gasteiger partial charge >= 0.3 is 0 Å². The van der Waals surface area contributed by atoms with Crippen molar-refractivity contribution in [2.45, 2.75) is 45.6 Å². The van der Waals surface area contributed by atoms with E-state index in [9.17, 15) is 9.90 Å². The Labute approximate surface area is 153 Å². The summed E-state index contributed by atoms with van der Waals surface area (Å²) >= 11 is 0. The minimum atomic E-state index is -0.0988. The number of likely N-dealkylation sites (tertiary alicyclic amines) is 1. The number of aliphatic hydroxyl groups is 1. The Morgan fingerprint density at radius 3 is 2.88 bits per heavy atom. The van der Waals surface area contributed by atoms with Crippen LogP contribution < -0.4 is 5.73 Å². The largest absolute Gasteiger partial charge is 0.392 e. The van der Waals surface area contributed by atoms with Crippen molar-refractivity contribution in [3.8, 4) is 11.3 Å². The minimum absolute atomic E-state index is 0.0988. The lowest BCUT2D eigenvalue weighted by atomic mass is 9.92. The number of rotatable bonds is 5. The second kappa shape index (κ2) is 7.97. The molecular formula is C19H26N4O3. The van der Waals surface area contributed by atoms with Gasteiger partial charge in [0.25, 0.3) is 0 Å². The maximum Gasteiger partial charge on any atom is 0.223 e. The molecule has 0 aromatic carbocycles. The number of aliphatic hydroxyl groups excluding tert-OH is 1. The van der Waals surface area contributed by atoms with E-state index in [1.807, 2.05) is 30.9 Å². The standard InChI is InChI=1S/C19H26N4O3/c1-12-18(13(2)26-22-12)19-15(11-24)5-6-16(21-19)14-4-3-9-23(10-14)17(25)7-8-20/h5-6,14,24H,3-4,7-11,20H2,1-2H3/t14-/m0/s1. The molecule has 0 spiro atoms. The lowest BCUT2D eigenvalue weighted by Gasteiger charge is -2.32. The SMILES string of the molecule is Cc1noc(C)c1-c1nc([C@H]2CCCN(C(=O)CCN)C2)ccc1CO. The van der Waals surface area contributed by atoms with Crippen LogP contribution in [0.1, 0.15) is 47.9 Å². The van der Waals surface area contributed by atoms with Gasteiger partial charge in [0.05, 0.1) is 23.6 Å². The minimum Gasteiger partial charge on any atom is -0.392 e. The Kier molecular flexibility index (Phi) is 5.68. The third kappa shape index (κ3) is 3.64. The highest BCUT2D eigenvalue weighted by Crippen LogP contribution is 2.32. The Hall–Kier alpha value is -2.25. The zero-order chi connectivity index (χ0) is 18.7. The summed E-state index contributed by atoms with van der Waals surface area (Å²) in [6, 6.07) is 3.86. The van der Waals surface area contributed by atoms with Crippen LogP contribution in [0.4, 0.5) is 0 Å². The highest BCUT2D eigenvalue weighted by Gasteiger charge is 2.26. The number of carbonyl (C=O) groups excluding carboxylic acids is 1. The fraction of sp³-hybridized carbons (Fsp3) is 0.526. The van der Waals surface area contributed by atoms with Gasteiger partial charge in [0.1, 0.15) is 5.76 Å². The van der Waals surface area contributed by atoms with Gasteiger partial charge in [-0.1, -0.05) is 11.2 Å². The zero-order valence-corrected chi connectivity index (χ0v) is 15.4. The predicted octanol–water partition coefficient (Wildman–Crippen LogP) is 1.90. The van der Waals surface area contributed by atoms with Crippen LogP contribution in [0.2, 0.25) is 0 Å². The summed E-state index contributed by atoms with van der Waals surface area (Å²) in [5.41, 5.74) is 9.50. The number of pyridine rings is 1. The molecule has 0 aliphatic carbocycles. The number of piperidine rings is 1. The van der Waals surface area contributed by atoms with Crippen molar-refractivity contribution in [2.24, 2.45) is 5.73 Å². The van der Waals surface area contributed by atoms with E-state index < -0.39 is 0 Å². The summed E-state index contributed by atoms with van der Waals surface area (Å²) in [6.07, 6.45) is 2.32. The topological polar surface area (TPSA) is 105 Å². The van der Waals surface area contributed by atoms with Gasteiger partial charge in [-0.25, -0.2) is 0 Å². The molecule has 0 unspecified atom stereocenters. The van der Waals surface area contributed by atoms with Gasteiger partial charge < -0.3 is 20.3 Å². The number of aryl methyl sites for hydroxylation is 2. The lowest BCUT2D eigenvalue weighted by molar-refractivity contribution is -0.132. The number of nitrogens with two attached hydrogens (primary N) is 1. The number of amides is 1. The molecule has 1 aliphatic heterocycles. The van der Waals surface area contributed by atoms with Gasteiger partial charge in [0.15, 0.2) is 0 Å². The molecule has 2 aromatic heterocycles. The summed E-state index contributed by atoms with van der Waals surface area (Å²) < 4.78 is 5.27. The van der Waals surface area contributed by atoms with E-state index in [2.05, 4.69) is 5.16 Å². The molecule has 7 heteroatoms. The molecule has 1 amide bonds. The Morgan fingerprint density at radius 2 is 2.23 bits per heavy atom. The van der Waals surface area contributed by atoms with E-state index in [-0.39, 0.29) is 18.4 Å². The monoisotopic (exact) mass is 358 g/mol. The van der Waals surface area contributed by atoms with Gasteiger partial charge in [0, 0.05) is 43.2 Å². The molecule has 0 saturated carbocycles. The Bertz CT molecular complexity index is 768. The third-order valence-corrected chi connectivity index (χ3v) is 4.99. The molecule has 7 nitrogen and oxygen atoms in total. The van der Waals surface area contributed by atoms with Crippen LogP contribution in [0.25, 0.3) is 11.3 Å². The number of aromatic nitrogens is 2. The normalized spacial score (nSPS) is 17.5. The summed E-state index contributed by atoms with van der Waals surface area (Å²) in [5, 5.41) is 13.7. The average molecular weight is 358 g/mol. The number of nitrogens with zero attached hydrogens (tertiary/aromatic N) is 3. The van der Waals surface area contributed by atoms with E-state index in [0.29, 0.717) is 31.0 Å². The van der Waals surface area contributed by atoms with Crippen LogP contribution >= 0.6 is 0 Å². The van der Waals surface area contributed by atoms with Crippen molar-refractivity contribution in [3.05, 3.63) is 34.8 Å². The summed E-state index contributed by atoms with van der Waals surface area (Å²) in [4.78, 5) is 18.9. The van der Waals surface area contributed by atoms with Crippen molar-refractivity contribution in [2.75, 3.05) is 19.6 Å². The van der Waals surface area contributed by atoms with E-state index >= 15 is 0 Å². The van der Waals surface area contributed by atoms with Crippen molar-refractivity contribution < 1.29 is 14.4 Å². The van der Waals surface area contributed by atoms with Crippen molar-refractivity contribution >= 4 is 5.91 Å². The van der Waals surface area contributed by atoms with Gasteiger partial charge in [-0.3, -0.25) is 9.78 Å². The fourth-order valence-electron chi connectivity index (χ4n) is 3.62. The summed E-state index contributed by atoms with van der Waals surface area (Å²) in [5.74, 6) is 0.970. The molecule has 3 heterocycles. The van der Waals surface area contributed by atoms with Crippen LogP contribution in [0.15, 0.2) is 16.7 Å². The molecule has 0 bridgehead atoms. The fourth-order valence-corrected chi connectivity index (χ4v) is 3.62. The van der Waals surface area contributed by atoms with Gasteiger partial charge in [-0.05, 0) is 32.8 Å². The first-order valence-corrected chi connectivity index (χ1v) is 9.07. The molecule has 0 radical (unpaired) electrons. The van der Waals surface area contributed by atoms with Crippen molar-refractivity contribution in [1.82, 2.24) is 15.0 Å². The molecule has 1 aliphatic rings. The number of hydrogen-bond acceptors (Lipinski definition) is 6. The molecular weight excluding hydrogens is 332 g/mol.